The van der Waals surface area contributed by atoms with Gasteiger partial charge in [0.15, 0.2) is 0 Å². The molecule has 1 aliphatic rings. The smallest absolute Gasteiger partial charge is 0.123 e. The van der Waals surface area contributed by atoms with Crippen LogP contribution in [0.25, 0.3) is 0 Å². The Morgan fingerprint density at radius 1 is 1.24 bits per heavy atom. The van der Waals surface area contributed by atoms with E-state index < -0.39 is 0 Å². The fourth-order valence-electron chi connectivity index (χ4n) is 3.07. The van der Waals surface area contributed by atoms with Gasteiger partial charge in [-0.15, -0.1) is 0 Å². The molecule has 0 fully saturated rings. The van der Waals surface area contributed by atoms with Gasteiger partial charge in [-0.25, -0.2) is 4.39 Å². The van der Waals surface area contributed by atoms with Gasteiger partial charge in [0.2, 0.25) is 0 Å². The van der Waals surface area contributed by atoms with E-state index in [1.165, 1.54) is 11.1 Å². The van der Waals surface area contributed by atoms with E-state index in [0.29, 0.717) is 6.04 Å². The Labute approximate surface area is 125 Å². The van der Waals surface area contributed by atoms with E-state index in [9.17, 15) is 4.39 Å². The van der Waals surface area contributed by atoms with Crippen molar-refractivity contribution >= 4 is 0 Å². The third kappa shape index (κ3) is 2.93. The zero-order chi connectivity index (χ0) is 14.8. The number of hydrogen-bond acceptors (Lipinski definition) is 2. The van der Waals surface area contributed by atoms with E-state index in [2.05, 4.69) is 24.4 Å². The normalized spacial score (nSPS) is 18.3. The van der Waals surface area contributed by atoms with Gasteiger partial charge in [0.1, 0.15) is 11.6 Å². The molecule has 0 spiro atoms. The lowest BCUT2D eigenvalue weighted by Crippen LogP contribution is -2.23. The average molecular weight is 285 g/mol. The molecule has 0 saturated carbocycles. The Hall–Kier alpha value is -1.87. The van der Waals surface area contributed by atoms with E-state index in [0.717, 1.165) is 24.2 Å². The molecule has 0 aliphatic heterocycles. The number of rotatable bonds is 4. The highest BCUT2D eigenvalue weighted by atomic mass is 19.1. The molecule has 0 aromatic heterocycles. The largest absolute Gasteiger partial charge is 0.497 e. The molecule has 3 rings (SSSR count). The van der Waals surface area contributed by atoms with Crippen LogP contribution in [0.1, 0.15) is 42.1 Å². The summed E-state index contributed by atoms with van der Waals surface area (Å²) in [5, 5.41) is 3.64. The minimum Gasteiger partial charge on any atom is -0.497 e. The summed E-state index contributed by atoms with van der Waals surface area (Å²) in [5.41, 5.74) is 3.56. The van der Waals surface area contributed by atoms with E-state index in [1.807, 2.05) is 18.2 Å². The number of fused-ring (bicyclic) bond motifs is 1. The Morgan fingerprint density at radius 3 is 2.90 bits per heavy atom. The van der Waals surface area contributed by atoms with Gasteiger partial charge in [-0.2, -0.15) is 0 Å². The van der Waals surface area contributed by atoms with Gasteiger partial charge in [0, 0.05) is 12.1 Å². The molecular weight excluding hydrogens is 265 g/mol. The summed E-state index contributed by atoms with van der Waals surface area (Å²) < 4.78 is 18.5. The lowest BCUT2D eigenvalue weighted by molar-refractivity contribution is 0.411. The van der Waals surface area contributed by atoms with Crippen molar-refractivity contribution in [3.05, 3.63) is 65.0 Å². The van der Waals surface area contributed by atoms with Crippen LogP contribution in [0, 0.1) is 5.82 Å². The van der Waals surface area contributed by atoms with E-state index in [4.69, 9.17) is 4.74 Å². The summed E-state index contributed by atoms with van der Waals surface area (Å²) in [7, 11) is 1.68. The molecule has 3 heteroatoms. The lowest BCUT2D eigenvalue weighted by atomic mass is 10.0. The van der Waals surface area contributed by atoms with Gasteiger partial charge >= 0.3 is 0 Å². The molecule has 2 aromatic carbocycles. The molecule has 0 amide bonds. The number of methoxy groups -OCH3 is 1. The van der Waals surface area contributed by atoms with Crippen molar-refractivity contribution < 1.29 is 9.13 Å². The average Bonchev–Trinajstić information content (AvgIpc) is 2.89. The Bertz CT molecular complexity index is 641. The number of nitrogens with one attached hydrogen (secondary N) is 1. The minimum atomic E-state index is -0.143. The van der Waals surface area contributed by atoms with Crippen LogP contribution in [0.5, 0.6) is 5.75 Å². The second-order valence-corrected chi connectivity index (χ2v) is 5.60. The molecule has 0 radical (unpaired) electrons. The number of aryl methyl sites for hydroxylation is 1. The van der Waals surface area contributed by atoms with Crippen LogP contribution >= 0.6 is 0 Å². The minimum absolute atomic E-state index is 0.143. The van der Waals surface area contributed by atoms with E-state index in [-0.39, 0.29) is 11.9 Å². The molecule has 0 saturated heterocycles. The van der Waals surface area contributed by atoms with Crippen molar-refractivity contribution in [1.29, 1.82) is 0 Å². The molecular formula is C18H20FNO. The number of ether oxygens (including phenoxy) is 1. The third-order valence-corrected chi connectivity index (χ3v) is 4.23. The molecule has 2 nitrogen and oxygen atoms in total. The quantitative estimate of drug-likeness (QED) is 0.910. The van der Waals surface area contributed by atoms with Crippen LogP contribution < -0.4 is 10.1 Å². The van der Waals surface area contributed by atoms with Gasteiger partial charge in [0.25, 0.3) is 0 Å². The number of hydrogen-bond donors (Lipinski definition) is 1. The second kappa shape index (κ2) is 5.86. The van der Waals surface area contributed by atoms with Crippen molar-refractivity contribution in [2.45, 2.75) is 31.8 Å². The van der Waals surface area contributed by atoms with Crippen molar-refractivity contribution in [3.8, 4) is 5.75 Å². The van der Waals surface area contributed by atoms with Crippen LogP contribution in [0.2, 0.25) is 0 Å². The molecule has 0 bridgehead atoms. The van der Waals surface area contributed by atoms with Crippen molar-refractivity contribution in [3.63, 3.8) is 0 Å². The highest BCUT2D eigenvalue weighted by molar-refractivity contribution is 5.36. The molecule has 110 valence electrons. The fraction of sp³-hybridized carbons (Fsp3) is 0.333. The predicted molar refractivity (Wildman–Crippen MR) is 82.0 cm³/mol. The monoisotopic (exact) mass is 285 g/mol. The van der Waals surface area contributed by atoms with Gasteiger partial charge in [-0.3, -0.25) is 0 Å². The molecule has 1 N–H and O–H groups in total. The summed E-state index contributed by atoms with van der Waals surface area (Å²) in [6.45, 7) is 2.15. The van der Waals surface area contributed by atoms with Gasteiger partial charge in [-0.05, 0) is 60.7 Å². The maximum Gasteiger partial charge on any atom is 0.123 e. The topological polar surface area (TPSA) is 21.3 Å². The first kappa shape index (κ1) is 14.1. The van der Waals surface area contributed by atoms with Gasteiger partial charge in [-0.1, -0.05) is 18.2 Å². The van der Waals surface area contributed by atoms with Crippen molar-refractivity contribution in [2.24, 2.45) is 0 Å². The second-order valence-electron chi connectivity index (χ2n) is 5.60. The summed E-state index contributed by atoms with van der Waals surface area (Å²) in [5.74, 6) is 0.727. The van der Waals surface area contributed by atoms with Gasteiger partial charge < -0.3 is 10.1 Å². The number of benzene rings is 2. The zero-order valence-corrected chi connectivity index (χ0v) is 12.4. The van der Waals surface area contributed by atoms with Crippen LogP contribution in [-0.2, 0) is 6.42 Å². The maximum absolute atomic E-state index is 13.3. The molecule has 21 heavy (non-hydrogen) atoms. The first-order valence-electron chi connectivity index (χ1n) is 7.35. The molecule has 0 heterocycles. The summed E-state index contributed by atoms with van der Waals surface area (Å²) in [6, 6.07) is 13.7. The molecule has 2 aromatic rings. The van der Waals surface area contributed by atoms with Crippen LogP contribution in [0.4, 0.5) is 4.39 Å². The highest BCUT2D eigenvalue weighted by Crippen LogP contribution is 2.33. The Morgan fingerprint density at radius 2 is 2.10 bits per heavy atom. The van der Waals surface area contributed by atoms with Crippen LogP contribution in [0.3, 0.4) is 0 Å². The third-order valence-electron chi connectivity index (χ3n) is 4.23. The first-order chi connectivity index (χ1) is 10.2. The molecule has 1 aliphatic carbocycles. The Balaban J connectivity index is 1.76. The molecule has 2 unspecified atom stereocenters. The summed E-state index contributed by atoms with van der Waals surface area (Å²) in [6.07, 6.45) is 1.96. The lowest BCUT2D eigenvalue weighted by Gasteiger charge is -2.21. The number of halogens is 1. The fourth-order valence-corrected chi connectivity index (χ4v) is 3.07. The SMILES string of the molecule is COc1cccc(C(C)NC2CCc3cc(F)ccc32)c1. The molecule has 2 atom stereocenters. The zero-order valence-electron chi connectivity index (χ0n) is 12.4. The Kier molecular flexibility index (Phi) is 3.93. The van der Waals surface area contributed by atoms with Gasteiger partial charge in [0.05, 0.1) is 7.11 Å². The van der Waals surface area contributed by atoms with Crippen molar-refractivity contribution in [2.75, 3.05) is 7.11 Å². The maximum atomic E-state index is 13.3. The first-order valence-corrected chi connectivity index (χ1v) is 7.35. The summed E-state index contributed by atoms with van der Waals surface area (Å²) in [4.78, 5) is 0. The summed E-state index contributed by atoms with van der Waals surface area (Å²) >= 11 is 0. The predicted octanol–water partition coefficient (Wildman–Crippen LogP) is 4.17. The van der Waals surface area contributed by atoms with Crippen molar-refractivity contribution in [1.82, 2.24) is 5.32 Å². The van der Waals surface area contributed by atoms with E-state index >= 15 is 0 Å². The standard InChI is InChI=1S/C18H20FNO/c1-12(13-4-3-5-16(11-13)21-2)20-18-9-6-14-10-15(19)7-8-17(14)18/h3-5,7-8,10-12,18,20H,6,9H2,1-2H3. The van der Waals surface area contributed by atoms with Crippen LogP contribution in [0.15, 0.2) is 42.5 Å². The highest BCUT2D eigenvalue weighted by Gasteiger charge is 2.24. The van der Waals surface area contributed by atoms with E-state index in [1.54, 1.807) is 19.2 Å². The van der Waals surface area contributed by atoms with Crippen LogP contribution in [-0.4, -0.2) is 7.11 Å².